The normalized spacial score (nSPS) is 22.9. The number of hydrogen-bond donors (Lipinski definition) is 1. The van der Waals surface area contributed by atoms with Crippen LogP contribution in [0.25, 0.3) is 0 Å². The van der Waals surface area contributed by atoms with Crippen LogP contribution in [0.3, 0.4) is 0 Å². The number of hydrogen-bond acceptors (Lipinski definition) is 1. The van der Waals surface area contributed by atoms with Crippen molar-refractivity contribution in [2.75, 3.05) is 0 Å². The van der Waals surface area contributed by atoms with Gasteiger partial charge in [0.15, 0.2) is 0 Å². The minimum absolute atomic E-state index is 0.134. The lowest BCUT2D eigenvalue weighted by Gasteiger charge is -2.48. The molecule has 1 N–H and O–H groups in total. The fourth-order valence-corrected chi connectivity index (χ4v) is 4.07. The second-order valence-corrected chi connectivity index (χ2v) is 8.24. The van der Waals surface area contributed by atoms with Gasteiger partial charge >= 0.3 is 0 Å². The van der Waals surface area contributed by atoms with Gasteiger partial charge < -0.3 is 5.11 Å². The van der Waals surface area contributed by atoms with E-state index in [1.54, 1.807) is 0 Å². The zero-order chi connectivity index (χ0) is 17.7. The van der Waals surface area contributed by atoms with E-state index in [1.807, 2.05) is 0 Å². The molecule has 0 aliphatic heterocycles. The highest BCUT2D eigenvalue weighted by Crippen LogP contribution is 2.55. The summed E-state index contributed by atoms with van der Waals surface area (Å²) in [6.07, 6.45) is 2.01. The van der Waals surface area contributed by atoms with Gasteiger partial charge in [-0.05, 0) is 51.6 Å². The number of rotatable bonds is 3. The van der Waals surface area contributed by atoms with Crippen LogP contribution < -0.4 is 0 Å². The van der Waals surface area contributed by atoms with Crippen molar-refractivity contribution in [3.8, 4) is 0 Å². The maximum atomic E-state index is 11.6. The summed E-state index contributed by atoms with van der Waals surface area (Å²) in [6, 6.07) is 13.1. The van der Waals surface area contributed by atoms with Crippen LogP contribution in [0, 0.1) is 0 Å². The Hall–Kier alpha value is -1.60. The van der Waals surface area contributed by atoms with E-state index in [2.05, 4.69) is 77.9 Å². The van der Waals surface area contributed by atoms with Crippen molar-refractivity contribution in [2.45, 2.75) is 71.3 Å². The number of fused-ring (bicyclic) bond motifs is 1. The van der Waals surface area contributed by atoms with Crippen LogP contribution in [0.5, 0.6) is 0 Å². The quantitative estimate of drug-likeness (QED) is 0.795. The van der Waals surface area contributed by atoms with Crippen LogP contribution in [0.1, 0.15) is 80.8 Å². The summed E-state index contributed by atoms with van der Waals surface area (Å²) >= 11 is 0. The lowest BCUT2D eigenvalue weighted by atomic mass is 9.59. The van der Waals surface area contributed by atoms with E-state index in [0.717, 1.165) is 24.0 Å². The van der Waals surface area contributed by atoms with Gasteiger partial charge in [0.2, 0.25) is 0 Å². The molecule has 0 heterocycles. The summed E-state index contributed by atoms with van der Waals surface area (Å²) in [7, 11) is 0. The highest BCUT2D eigenvalue weighted by atomic mass is 16.3. The SMILES string of the molecule is CCc1cc(CC)c2c(c1)[C@H](C)[C@]2(O)c1ccc(C(C)(C)C)cc1. The van der Waals surface area contributed by atoms with E-state index in [0.29, 0.717) is 0 Å². The topological polar surface area (TPSA) is 20.2 Å². The van der Waals surface area contributed by atoms with Gasteiger partial charge in [0.1, 0.15) is 5.60 Å². The summed E-state index contributed by atoms with van der Waals surface area (Å²) < 4.78 is 0. The van der Waals surface area contributed by atoms with E-state index in [4.69, 9.17) is 0 Å². The molecule has 128 valence electrons. The maximum absolute atomic E-state index is 11.6. The molecule has 2 atom stereocenters. The third kappa shape index (κ3) is 2.41. The van der Waals surface area contributed by atoms with Crippen molar-refractivity contribution in [3.05, 3.63) is 69.8 Å². The molecule has 3 rings (SSSR count). The van der Waals surface area contributed by atoms with Crippen molar-refractivity contribution in [1.29, 1.82) is 0 Å². The lowest BCUT2D eigenvalue weighted by molar-refractivity contribution is 0.0263. The molecule has 0 unspecified atom stereocenters. The van der Waals surface area contributed by atoms with Gasteiger partial charge in [0, 0.05) is 5.92 Å². The van der Waals surface area contributed by atoms with Gasteiger partial charge in [-0.15, -0.1) is 0 Å². The first-order valence-electron chi connectivity index (χ1n) is 9.23. The Morgan fingerprint density at radius 3 is 2.12 bits per heavy atom. The zero-order valence-corrected chi connectivity index (χ0v) is 15.9. The van der Waals surface area contributed by atoms with E-state index < -0.39 is 5.60 Å². The molecule has 1 aliphatic carbocycles. The minimum Gasteiger partial charge on any atom is -0.380 e. The molecule has 24 heavy (non-hydrogen) atoms. The van der Waals surface area contributed by atoms with E-state index in [-0.39, 0.29) is 11.3 Å². The fraction of sp³-hybridized carbons (Fsp3) is 0.478. The average Bonchev–Trinajstić information content (AvgIpc) is 2.58. The first-order chi connectivity index (χ1) is 11.2. The Kier molecular flexibility index (Phi) is 4.12. The molecule has 2 aromatic carbocycles. The molecule has 0 amide bonds. The van der Waals surface area contributed by atoms with Crippen LogP contribution >= 0.6 is 0 Å². The highest BCUT2D eigenvalue weighted by molar-refractivity contribution is 5.59. The number of benzene rings is 2. The summed E-state index contributed by atoms with van der Waals surface area (Å²) in [5.74, 6) is 0.143. The Balaban J connectivity index is 2.09. The van der Waals surface area contributed by atoms with Crippen LogP contribution in [0.4, 0.5) is 0 Å². The average molecular weight is 322 g/mol. The van der Waals surface area contributed by atoms with Gasteiger partial charge in [0.25, 0.3) is 0 Å². The molecule has 0 saturated heterocycles. The van der Waals surface area contributed by atoms with Crippen molar-refractivity contribution >= 4 is 0 Å². The number of aryl methyl sites for hydroxylation is 2. The smallest absolute Gasteiger partial charge is 0.122 e. The Morgan fingerprint density at radius 2 is 1.62 bits per heavy atom. The summed E-state index contributed by atoms with van der Waals surface area (Å²) in [4.78, 5) is 0. The maximum Gasteiger partial charge on any atom is 0.122 e. The Labute approximate surface area is 146 Å². The molecule has 1 heteroatoms. The third-order valence-electron chi connectivity index (χ3n) is 5.76. The molecular formula is C23H30O. The molecule has 0 saturated carbocycles. The molecule has 0 aromatic heterocycles. The predicted octanol–water partition coefficient (Wildman–Crippen LogP) is 5.46. The molecular weight excluding hydrogens is 292 g/mol. The molecule has 1 aliphatic rings. The van der Waals surface area contributed by atoms with Crippen molar-refractivity contribution in [3.63, 3.8) is 0 Å². The summed E-state index contributed by atoms with van der Waals surface area (Å²) in [5.41, 5.74) is 6.77. The first-order valence-corrected chi connectivity index (χ1v) is 9.23. The summed E-state index contributed by atoms with van der Waals surface area (Å²) in [5, 5.41) is 11.6. The van der Waals surface area contributed by atoms with Gasteiger partial charge in [-0.25, -0.2) is 0 Å². The van der Waals surface area contributed by atoms with Crippen molar-refractivity contribution in [1.82, 2.24) is 0 Å². The van der Waals surface area contributed by atoms with Gasteiger partial charge in [0.05, 0.1) is 0 Å². The monoisotopic (exact) mass is 322 g/mol. The first kappa shape index (κ1) is 17.2. The minimum atomic E-state index is -0.844. The van der Waals surface area contributed by atoms with Crippen LogP contribution in [-0.4, -0.2) is 5.11 Å². The third-order valence-corrected chi connectivity index (χ3v) is 5.76. The van der Waals surface area contributed by atoms with Crippen LogP contribution in [0.15, 0.2) is 36.4 Å². The molecule has 0 fully saturated rings. The lowest BCUT2D eigenvalue weighted by Crippen LogP contribution is -2.44. The van der Waals surface area contributed by atoms with Crippen molar-refractivity contribution in [2.24, 2.45) is 0 Å². The van der Waals surface area contributed by atoms with Gasteiger partial charge in [-0.3, -0.25) is 0 Å². The van der Waals surface area contributed by atoms with E-state index in [9.17, 15) is 5.11 Å². The Morgan fingerprint density at radius 1 is 1.00 bits per heavy atom. The van der Waals surface area contributed by atoms with E-state index in [1.165, 1.54) is 22.3 Å². The van der Waals surface area contributed by atoms with Gasteiger partial charge in [-0.2, -0.15) is 0 Å². The molecule has 2 aromatic rings. The molecule has 0 spiro atoms. The van der Waals surface area contributed by atoms with Crippen molar-refractivity contribution < 1.29 is 5.11 Å². The second kappa shape index (κ2) is 5.74. The fourth-order valence-electron chi connectivity index (χ4n) is 4.07. The zero-order valence-electron chi connectivity index (χ0n) is 15.9. The molecule has 0 bridgehead atoms. The Bertz CT molecular complexity index is 732. The highest BCUT2D eigenvalue weighted by Gasteiger charge is 2.50. The molecule has 1 nitrogen and oxygen atoms in total. The van der Waals surface area contributed by atoms with Gasteiger partial charge in [-0.1, -0.05) is 77.9 Å². The summed E-state index contributed by atoms with van der Waals surface area (Å²) in [6.45, 7) is 13.2. The predicted molar refractivity (Wildman–Crippen MR) is 102 cm³/mol. The number of aliphatic hydroxyl groups is 1. The standard InChI is InChI=1S/C23H30O/c1-7-16-13-17(8-2)21-20(14-16)15(3)23(21,24)19-11-9-18(10-12-19)22(4,5)6/h9-15,24H,7-8H2,1-6H3/t15-,23-/m0/s1. The largest absolute Gasteiger partial charge is 0.380 e. The second-order valence-electron chi connectivity index (χ2n) is 8.24. The van der Waals surface area contributed by atoms with E-state index >= 15 is 0 Å². The van der Waals surface area contributed by atoms with Crippen LogP contribution in [0.2, 0.25) is 0 Å². The van der Waals surface area contributed by atoms with Crippen LogP contribution in [-0.2, 0) is 23.9 Å². The molecule has 0 radical (unpaired) electrons.